The van der Waals surface area contributed by atoms with Gasteiger partial charge in [-0.05, 0) is 102 Å². The molecule has 3 nitrogen and oxygen atoms in total. The quantitative estimate of drug-likeness (QED) is 0.165. The molecule has 0 fully saturated rings. The van der Waals surface area contributed by atoms with Gasteiger partial charge in [-0.1, -0.05) is 121 Å². The van der Waals surface area contributed by atoms with E-state index in [4.69, 9.17) is 0 Å². The van der Waals surface area contributed by atoms with Crippen molar-refractivity contribution in [3.63, 3.8) is 0 Å². The number of hydrogen-bond acceptors (Lipinski definition) is 2. The van der Waals surface area contributed by atoms with Gasteiger partial charge in [0, 0.05) is 70.2 Å². The van der Waals surface area contributed by atoms with E-state index in [9.17, 15) is 0 Å². The summed E-state index contributed by atoms with van der Waals surface area (Å²) in [5.74, 6) is 0. The van der Waals surface area contributed by atoms with E-state index in [-0.39, 0.29) is 0 Å². The molecular formula is C54H35N3S. The monoisotopic (exact) mass is 757 g/mol. The Balaban J connectivity index is 0.938. The van der Waals surface area contributed by atoms with Crippen LogP contribution in [-0.2, 0) is 0 Å². The second-order valence-corrected chi connectivity index (χ2v) is 16.0. The molecule has 0 amide bonds. The Morgan fingerprint density at radius 3 is 1.16 bits per heavy atom. The van der Waals surface area contributed by atoms with Gasteiger partial charge in [-0.3, -0.25) is 0 Å². The third kappa shape index (κ3) is 5.12. The van der Waals surface area contributed by atoms with E-state index in [1.807, 2.05) is 11.3 Å². The van der Waals surface area contributed by atoms with Gasteiger partial charge in [-0.2, -0.15) is 0 Å². The van der Waals surface area contributed by atoms with Crippen molar-refractivity contribution in [2.45, 2.75) is 0 Å². The topological polar surface area (TPSA) is 13.1 Å². The molecule has 0 saturated heterocycles. The van der Waals surface area contributed by atoms with Crippen molar-refractivity contribution in [1.29, 1.82) is 0 Å². The van der Waals surface area contributed by atoms with Crippen LogP contribution in [0.25, 0.3) is 86.3 Å². The standard InChI is InChI=1S/C54H35N3S/c1-6-16-49-43(11-1)44-12-2-7-17-50(44)56(49)40-27-23-37(24-28-40)36-21-25-38(26-22-36)55(42-33-34-48-47-15-5-10-20-53(47)58-54(48)35-42)39-29-31-41(32-30-39)57-51-18-8-3-13-45(51)46-14-4-9-19-52(46)57/h1-35H. The molecule has 58 heavy (non-hydrogen) atoms. The highest BCUT2D eigenvalue weighted by atomic mass is 32.1. The number of nitrogens with zero attached hydrogens (tertiary/aromatic N) is 3. The van der Waals surface area contributed by atoms with Crippen LogP contribution in [0.4, 0.5) is 17.1 Å². The summed E-state index contributed by atoms with van der Waals surface area (Å²) in [5, 5.41) is 7.68. The van der Waals surface area contributed by atoms with E-state index in [1.165, 1.54) is 74.9 Å². The van der Waals surface area contributed by atoms with Crippen molar-refractivity contribution in [3.8, 4) is 22.5 Å². The normalized spacial score (nSPS) is 11.8. The summed E-state index contributed by atoms with van der Waals surface area (Å²) in [7, 11) is 0. The first kappa shape index (κ1) is 32.8. The van der Waals surface area contributed by atoms with Crippen LogP contribution in [0.15, 0.2) is 212 Å². The second-order valence-electron chi connectivity index (χ2n) is 15.0. The first-order valence-corrected chi connectivity index (χ1v) is 20.6. The van der Waals surface area contributed by atoms with Gasteiger partial charge >= 0.3 is 0 Å². The lowest BCUT2D eigenvalue weighted by Gasteiger charge is -2.26. The zero-order valence-electron chi connectivity index (χ0n) is 31.5. The Labute approximate surface area is 339 Å². The molecule has 0 saturated carbocycles. The molecule has 0 unspecified atom stereocenters. The van der Waals surface area contributed by atoms with Gasteiger partial charge < -0.3 is 14.0 Å². The fraction of sp³-hybridized carbons (Fsp3) is 0. The van der Waals surface area contributed by atoms with Gasteiger partial charge in [-0.15, -0.1) is 11.3 Å². The molecular weight excluding hydrogens is 723 g/mol. The highest BCUT2D eigenvalue weighted by Gasteiger charge is 2.18. The van der Waals surface area contributed by atoms with Gasteiger partial charge in [-0.25, -0.2) is 0 Å². The number of benzene rings is 9. The van der Waals surface area contributed by atoms with Crippen LogP contribution in [0.1, 0.15) is 0 Å². The smallest absolute Gasteiger partial charge is 0.0541 e. The lowest BCUT2D eigenvalue weighted by molar-refractivity contribution is 1.17. The first-order valence-electron chi connectivity index (χ1n) is 19.8. The number of thiophene rings is 1. The fourth-order valence-corrected chi connectivity index (χ4v) is 10.2. The second kappa shape index (κ2) is 13.1. The molecule has 0 atom stereocenters. The molecule has 0 bridgehead atoms. The maximum absolute atomic E-state index is 2.38. The number of rotatable bonds is 6. The van der Waals surface area contributed by atoms with E-state index in [2.05, 4.69) is 226 Å². The predicted octanol–water partition coefficient (Wildman–Crippen LogP) is 15.4. The summed E-state index contributed by atoms with van der Waals surface area (Å²) in [6.07, 6.45) is 0. The van der Waals surface area contributed by atoms with Crippen LogP contribution in [-0.4, -0.2) is 9.13 Å². The van der Waals surface area contributed by atoms with E-state index < -0.39 is 0 Å². The van der Waals surface area contributed by atoms with Crippen molar-refractivity contribution in [1.82, 2.24) is 9.13 Å². The number of aromatic nitrogens is 2. The molecule has 3 aromatic heterocycles. The molecule has 0 spiro atoms. The lowest BCUT2D eigenvalue weighted by atomic mass is 10.0. The number of hydrogen-bond donors (Lipinski definition) is 0. The summed E-state index contributed by atoms with van der Waals surface area (Å²) in [5.41, 5.74) is 12.9. The van der Waals surface area contributed by atoms with E-state index >= 15 is 0 Å². The number of anilines is 3. The van der Waals surface area contributed by atoms with Crippen LogP contribution >= 0.6 is 11.3 Å². The minimum Gasteiger partial charge on any atom is -0.310 e. The summed E-state index contributed by atoms with van der Waals surface area (Å²) in [6.45, 7) is 0. The van der Waals surface area contributed by atoms with Crippen molar-refractivity contribution < 1.29 is 0 Å². The van der Waals surface area contributed by atoms with Crippen molar-refractivity contribution in [3.05, 3.63) is 212 Å². The Morgan fingerprint density at radius 2 is 0.655 bits per heavy atom. The highest BCUT2D eigenvalue weighted by molar-refractivity contribution is 7.25. The molecule has 0 aliphatic rings. The van der Waals surface area contributed by atoms with Gasteiger partial charge in [0.05, 0.1) is 22.1 Å². The molecule has 0 aliphatic heterocycles. The molecule has 3 heterocycles. The summed E-state index contributed by atoms with van der Waals surface area (Å²) in [4.78, 5) is 2.38. The highest BCUT2D eigenvalue weighted by Crippen LogP contribution is 2.42. The molecule has 272 valence electrons. The molecule has 4 heteroatoms. The minimum absolute atomic E-state index is 1.10. The van der Waals surface area contributed by atoms with E-state index in [0.29, 0.717) is 0 Å². The third-order valence-corrected chi connectivity index (χ3v) is 12.9. The number of fused-ring (bicyclic) bond motifs is 9. The van der Waals surface area contributed by atoms with Crippen molar-refractivity contribution in [2.24, 2.45) is 0 Å². The van der Waals surface area contributed by atoms with Crippen LogP contribution in [0.2, 0.25) is 0 Å². The Hall–Kier alpha value is -7.40. The third-order valence-electron chi connectivity index (χ3n) is 11.7. The summed E-state index contributed by atoms with van der Waals surface area (Å²) < 4.78 is 7.34. The maximum Gasteiger partial charge on any atom is 0.0541 e. The maximum atomic E-state index is 2.38. The average Bonchev–Trinajstić information content (AvgIpc) is 3.95. The Bertz CT molecular complexity index is 3390. The van der Waals surface area contributed by atoms with Crippen LogP contribution in [0.5, 0.6) is 0 Å². The van der Waals surface area contributed by atoms with Crippen LogP contribution in [0, 0.1) is 0 Å². The molecule has 0 radical (unpaired) electrons. The Kier molecular flexibility index (Phi) is 7.40. The Morgan fingerprint density at radius 1 is 0.293 bits per heavy atom. The van der Waals surface area contributed by atoms with Crippen molar-refractivity contribution in [2.75, 3.05) is 4.90 Å². The van der Waals surface area contributed by atoms with Crippen LogP contribution in [0.3, 0.4) is 0 Å². The van der Waals surface area contributed by atoms with E-state index in [1.54, 1.807) is 0 Å². The van der Waals surface area contributed by atoms with Gasteiger partial charge in [0.15, 0.2) is 0 Å². The van der Waals surface area contributed by atoms with Gasteiger partial charge in [0.2, 0.25) is 0 Å². The first-order chi connectivity index (χ1) is 28.8. The van der Waals surface area contributed by atoms with E-state index in [0.717, 1.165) is 28.4 Å². The molecule has 9 aromatic carbocycles. The number of para-hydroxylation sites is 4. The lowest BCUT2D eigenvalue weighted by Crippen LogP contribution is -2.10. The largest absolute Gasteiger partial charge is 0.310 e. The predicted molar refractivity (Wildman–Crippen MR) is 248 cm³/mol. The fourth-order valence-electron chi connectivity index (χ4n) is 9.06. The zero-order valence-corrected chi connectivity index (χ0v) is 32.3. The molecule has 0 aliphatic carbocycles. The summed E-state index contributed by atoms with van der Waals surface area (Å²) in [6, 6.07) is 77.4. The SMILES string of the molecule is c1ccc2c(c1)sc1cc(N(c3ccc(-c4ccc(-n5c6ccccc6c6ccccc65)cc4)cc3)c3ccc(-n4c5ccccc5c5ccccc54)cc3)ccc12. The molecule has 12 rings (SSSR count). The average molecular weight is 758 g/mol. The van der Waals surface area contributed by atoms with Gasteiger partial charge in [0.25, 0.3) is 0 Å². The summed E-state index contributed by atoms with van der Waals surface area (Å²) >= 11 is 1.86. The molecule has 0 N–H and O–H groups in total. The van der Waals surface area contributed by atoms with Crippen molar-refractivity contribution >= 4 is 92.2 Å². The van der Waals surface area contributed by atoms with Gasteiger partial charge in [0.1, 0.15) is 0 Å². The zero-order chi connectivity index (χ0) is 38.2. The van der Waals surface area contributed by atoms with Crippen LogP contribution < -0.4 is 4.90 Å². The minimum atomic E-state index is 1.10. The molecule has 12 aromatic rings.